The van der Waals surface area contributed by atoms with Crippen molar-refractivity contribution in [2.75, 3.05) is 0 Å². The Morgan fingerprint density at radius 2 is 1.48 bits per heavy atom. The van der Waals surface area contributed by atoms with Crippen molar-refractivity contribution in [2.24, 2.45) is 0 Å². The predicted molar refractivity (Wildman–Crippen MR) is 91.4 cm³/mol. The Morgan fingerprint density at radius 3 is 1.95 bits per heavy atom. The maximum atomic E-state index is 11.7. The minimum atomic E-state index is 0.0505. The van der Waals surface area contributed by atoms with Crippen LogP contribution in [0, 0.1) is 0 Å². The molecule has 0 unspecified atom stereocenters. The molecule has 0 amide bonds. The summed E-state index contributed by atoms with van der Waals surface area (Å²) < 4.78 is 0. The van der Waals surface area contributed by atoms with Gasteiger partial charge in [-0.2, -0.15) is 0 Å². The number of rotatable bonds is 1. The van der Waals surface area contributed by atoms with Gasteiger partial charge in [-0.05, 0) is 45.7 Å². The van der Waals surface area contributed by atoms with Crippen molar-refractivity contribution >= 4 is 16.6 Å². The largest absolute Gasteiger partial charge is 0.295 e. The molecule has 0 fully saturated rings. The van der Waals surface area contributed by atoms with Gasteiger partial charge in [-0.15, -0.1) is 0 Å². The predicted octanol–water partition coefficient (Wildman–Crippen LogP) is 5.64. The lowest BCUT2D eigenvalue weighted by molar-refractivity contribution is 0.101. The van der Waals surface area contributed by atoms with E-state index >= 15 is 0 Å². The van der Waals surface area contributed by atoms with E-state index in [1.807, 2.05) is 12.1 Å². The van der Waals surface area contributed by atoms with E-state index in [0.717, 1.165) is 5.56 Å². The zero-order valence-corrected chi connectivity index (χ0v) is 14.3. The monoisotopic (exact) mass is 282 g/mol. The van der Waals surface area contributed by atoms with Gasteiger partial charge in [0.25, 0.3) is 0 Å². The molecule has 2 rings (SSSR count). The highest BCUT2D eigenvalue weighted by molar-refractivity contribution is 5.99. The first-order valence-corrected chi connectivity index (χ1v) is 7.60. The topological polar surface area (TPSA) is 17.1 Å². The fourth-order valence-corrected chi connectivity index (χ4v) is 2.63. The van der Waals surface area contributed by atoms with Crippen LogP contribution in [0.4, 0.5) is 0 Å². The lowest BCUT2D eigenvalue weighted by atomic mass is 9.78. The quantitative estimate of drug-likeness (QED) is 0.619. The molecule has 0 N–H and O–H groups in total. The first-order valence-electron chi connectivity index (χ1n) is 7.60. The van der Waals surface area contributed by atoms with E-state index in [0.29, 0.717) is 0 Å². The van der Waals surface area contributed by atoms with E-state index in [4.69, 9.17) is 0 Å². The van der Waals surface area contributed by atoms with Crippen LogP contribution < -0.4 is 0 Å². The number of hydrogen-bond donors (Lipinski definition) is 0. The summed E-state index contributed by atoms with van der Waals surface area (Å²) in [6.07, 6.45) is 0. The molecule has 2 aromatic carbocycles. The number of hydrogen-bond acceptors (Lipinski definition) is 1. The summed E-state index contributed by atoms with van der Waals surface area (Å²) in [5.41, 5.74) is 3.61. The molecular weight excluding hydrogens is 256 g/mol. The van der Waals surface area contributed by atoms with Crippen LogP contribution in [-0.2, 0) is 10.8 Å². The molecule has 0 spiro atoms. The van der Waals surface area contributed by atoms with Crippen LogP contribution in [-0.4, -0.2) is 5.78 Å². The van der Waals surface area contributed by atoms with Gasteiger partial charge >= 0.3 is 0 Å². The molecule has 0 saturated heterocycles. The minimum absolute atomic E-state index is 0.0505. The third kappa shape index (κ3) is 3.18. The summed E-state index contributed by atoms with van der Waals surface area (Å²) in [6.45, 7) is 15.0. The van der Waals surface area contributed by atoms with Gasteiger partial charge < -0.3 is 0 Å². The maximum absolute atomic E-state index is 11.7. The van der Waals surface area contributed by atoms with Crippen LogP contribution >= 0.6 is 0 Å². The summed E-state index contributed by atoms with van der Waals surface area (Å²) >= 11 is 0. The summed E-state index contributed by atoms with van der Waals surface area (Å²) in [5.74, 6) is 0.122. The van der Waals surface area contributed by atoms with Crippen molar-refractivity contribution in [3.8, 4) is 0 Å². The number of benzene rings is 2. The van der Waals surface area contributed by atoms with Crippen LogP contribution in [0.1, 0.15) is 70.0 Å². The number of fused-ring (bicyclic) bond motifs is 1. The molecule has 0 aromatic heterocycles. The lowest BCUT2D eigenvalue weighted by Gasteiger charge is -2.27. The van der Waals surface area contributed by atoms with Crippen LogP contribution in [0.25, 0.3) is 10.8 Å². The van der Waals surface area contributed by atoms with Gasteiger partial charge in [-0.25, -0.2) is 0 Å². The van der Waals surface area contributed by atoms with Crippen molar-refractivity contribution in [3.05, 3.63) is 47.0 Å². The molecular formula is C20H26O. The normalized spacial score (nSPS) is 12.7. The van der Waals surface area contributed by atoms with Crippen molar-refractivity contribution in [1.29, 1.82) is 0 Å². The van der Waals surface area contributed by atoms with Gasteiger partial charge in [-0.1, -0.05) is 65.8 Å². The Morgan fingerprint density at radius 1 is 0.857 bits per heavy atom. The third-order valence-corrected chi connectivity index (χ3v) is 4.03. The van der Waals surface area contributed by atoms with Crippen LogP contribution in [0.15, 0.2) is 30.3 Å². The zero-order valence-electron chi connectivity index (χ0n) is 14.3. The molecule has 0 bridgehead atoms. The average molecular weight is 282 g/mol. The van der Waals surface area contributed by atoms with Crippen LogP contribution in [0.5, 0.6) is 0 Å². The number of carbonyl (C=O) groups is 1. The summed E-state index contributed by atoms with van der Waals surface area (Å²) in [6, 6.07) is 10.6. The number of Topliss-reactive ketones (excluding diaryl/α,β-unsaturated/α-hetero) is 1. The molecule has 0 aliphatic rings. The fourth-order valence-electron chi connectivity index (χ4n) is 2.63. The van der Waals surface area contributed by atoms with Crippen molar-refractivity contribution in [3.63, 3.8) is 0 Å². The number of carbonyl (C=O) groups excluding carboxylic acids is 1. The average Bonchev–Trinajstić information content (AvgIpc) is 2.34. The Kier molecular flexibility index (Phi) is 3.73. The van der Waals surface area contributed by atoms with E-state index < -0.39 is 0 Å². The first-order chi connectivity index (χ1) is 9.50. The molecule has 1 heteroatoms. The molecule has 0 saturated carbocycles. The highest BCUT2D eigenvalue weighted by Crippen LogP contribution is 2.35. The van der Waals surface area contributed by atoms with E-state index in [9.17, 15) is 4.79 Å². The van der Waals surface area contributed by atoms with Crippen LogP contribution in [0.3, 0.4) is 0 Å². The van der Waals surface area contributed by atoms with E-state index in [1.54, 1.807) is 6.92 Å². The first kappa shape index (κ1) is 15.8. The fraction of sp³-hybridized carbons (Fsp3) is 0.450. The van der Waals surface area contributed by atoms with Crippen molar-refractivity contribution < 1.29 is 4.79 Å². The van der Waals surface area contributed by atoms with Gasteiger partial charge in [-0.3, -0.25) is 4.79 Å². The van der Waals surface area contributed by atoms with E-state index in [1.165, 1.54) is 21.9 Å². The van der Waals surface area contributed by atoms with E-state index in [2.05, 4.69) is 59.7 Å². The molecule has 0 atom stereocenters. The molecule has 0 heterocycles. The molecule has 21 heavy (non-hydrogen) atoms. The van der Waals surface area contributed by atoms with Gasteiger partial charge in [0.05, 0.1) is 0 Å². The summed E-state index contributed by atoms with van der Waals surface area (Å²) in [4.78, 5) is 11.7. The van der Waals surface area contributed by atoms with Crippen molar-refractivity contribution in [1.82, 2.24) is 0 Å². The summed E-state index contributed by atoms with van der Waals surface area (Å²) in [7, 11) is 0. The third-order valence-electron chi connectivity index (χ3n) is 4.03. The van der Waals surface area contributed by atoms with Gasteiger partial charge in [0, 0.05) is 5.56 Å². The van der Waals surface area contributed by atoms with Crippen molar-refractivity contribution in [2.45, 2.75) is 59.3 Å². The Hall–Kier alpha value is -1.63. The Balaban J connectivity index is 2.85. The van der Waals surface area contributed by atoms with Crippen LogP contribution in [0.2, 0.25) is 0 Å². The number of ketones is 1. The molecule has 2 aromatic rings. The SMILES string of the molecule is CC(=O)c1ccc2cc(C(C)(C)C)cc(C(C)(C)C)c2c1. The highest BCUT2D eigenvalue weighted by atomic mass is 16.1. The molecule has 1 nitrogen and oxygen atoms in total. The second-order valence-electron chi connectivity index (χ2n) is 8.02. The molecule has 0 radical (unpaired) electrons. The zero-order chi connectivity index (χ0) is 16.0. The standard InChI is InChI=1S/C20H26O/c1-13(21)14-8-9-15-10-16(19(2,3)4)12-18(17(15)11-14)20(5,6)7/h8-12H,1-7H3. The minimum Gasteiger partial charge on any atom is -0.295 e. The maximum Gasteiger partial charge on any atom is 0.159 e. The molecule has 112 valence electrons. The Bertz CT molecular complexity index is 694. The van der Waals surface area contributed by atoms with Gasteiger partial charge in [0.1, 0.15) is 0 Å². The van der Waals surface area contributed by atoms with Gasteiger partial charge in [0.2, 0.25) is 0 Å². The highest BCUT2D eigenvalue weighted by Gasteiger charge is 2.22. The van der Waals surface area contributed by atoms with E-state index in [-0.39, 0.29) is 16.6 Å². The molecule has 0 aliphatic heterocycles. The second-order valence-corrected chi connectivity index (χ2v) is 8.02. The lowest BCUT2D eigenvalue weighted by Crippen LogP contribution is -2.17. The second kappa shape index (κ2) is 4.98. The molecule has 0 aliphatic carbocycles. The Labute approximate surface area is 128 Å². The summed E-state index contributed by atoms with van der Waals surface area (Å²) in [5, 5.41) is 2.42. The smallest absolute Gasteiger partial charge is 0.159 e. The van der Waals surface area contributed by atoms with Gasteiger partial charge in [0.15, 0.2) is 5.78 Å².